The molecule has 104 valence electrons. The average molecular weight is 293 g/mol. The first-order valence-corrected chi connectivity index (χ1v) is 7.57. The Labute approximate surface area is 128 Å². The van der Waals surface area contributed by atoms with Crippen LogP contribution in [0.1, 0.15) is 10.4 Å². The summed E-state index contributed by atoms with van der Waals surface area (Å²) in [6.07, 6.45) is 0. The maximum Gasteiger partial charge on any atom is 0.251 e. The quantitative estimate of drug-likeness (QED) is 0.778. The zero-order chi connectivity index (χ0) is 14.7. The van der Waals surface area contributed by atoms with E-state index in [4.69, 9.17) is 0 Å². The summed E-state index contributed by atoms with van der Waals surface area (Å²) in [6, 6.07) is 22.4. The average Bonchev–Trinajstić information content (AvgIpc) is 2.55. The van der Waals surface area contributed by atoms with Gasteiger partial charge in [0.05, 0.1) is 0 Å². The van der Waals surface area contributed by atoms with Gasteiger partial charge in [-0.1, -0.05) is 42.1 Å². The number of hydrogen-bond acceptors (Lipinski definition) is 2. The van der Waals surface area contributed by atoms with Gasteiger partial charge >= 0.3 is 0 Å². The molecule has 0 bridgehead atoms. The maximum atomic E-state index is 11.5. The van der Waals surface area contributed by atoms with E-state index in [1.165, 1.54) is 15.7 Å². The van der Waals surface area contributed by atoms with Gasteiger partial charge in [0, 0.05) is 22.4 Å². The molecule has 0 unspecified atom stereocenters. The Morgan fingerprint density at radius 1 is 0.857 bits per heavy atom. The second-order valence-corrected chi connectivity index (χ2v) is 5.86. The van der Waals surface area contributed by atoms with Crippen molar-refractivity contribution in [2.45, 2.75) is 9.79 Å². The molecule has 0 aliphatic heterocycles. The van der Waals surface area contributed by atoms with Gasteiger partial charge in [0.15, 0.2) is 0 Å². The lowest BCUT2D eigenvalue weighted by atomic mass is 10.1. The van der Waals surface area contributed by atoms with Crippen LogP contribution in [-0.2, 0) is 0 Å². The highest BCUT2D eigenvalue weighted by Gasteiger charge is 2.03. The molecule has 3 rings (SSSR count). The van der Waals surface area contributed by atoms with Gasteiger partial charge in [0.1, 0.15) is 0 Å². The van der Waals surface area contributed by atoms with Crippen LogP contribution in [-0.4, -0.2) is 13.0 Å². The summed E-state index contributed by atoms with van der Waals surface area (Å²) in [7, 11) is 1.64. The lowest BCUT2D eigenvalue weighted by Crippen LogP contribution is -2.17. The third-order valence-electron chi connectivity index (χ3n) is 3.30. The first kappa shape index (κ1) is 13.7. The molecule has 0 aliphatic carbocycles. The molecule has 0 spiro atoms. The van der Waals surface area contributed by atoms with Crippen molar-refractivity contribution >= 4 is 28.4 Å². The fourth-order valence-electron chi connectivity index (χ4n) is 2.19. The molecule has 2 nitrogen and oxygen atoms in total. The van der Waals surface area contributed by atoms with Crippen LogP contribution in [0.2, 0.25) is 0 Å². The number of benzene rings is 3. The Hall–Kier alpha value is -2.26. The van der Waals surface area contributed by atoms with Gasteiger partial charge in [-0.3, -0.25) is 4.79 Å². The zero-order valence-electron chi connectivity index (χ0n) is 11.7. The van der Waals surface area contributed by atoms with Gasteiger partial charge < -0.3 is 5.32 Å². The zero-order valence-corrected chi connectivity index (χ0v) is 12.5. The van der Waals surface area contributed by atoms with Crippen molar-refractivity contribution in [1.29, 1.82) is 0 Å². The second kappa shape index (κ2) is 6.02. The highest BCUT2D eigenvalue weighted by atomic mass is 32.2. The van der Waals surface area contributed by atoms with Gasteiger partial charge in [-0.15, -0.1) is 0 Å². The van der Waals surface area contributed by atoms with Crippen molar-refractivity contribution in [3.63, 3.8) is 0 Å². The van der Waals surface area contributed by atoms with Crippen LogP contribution in [0.3, 0.4) is 0 Å². The van der Waals surface area contributed by atoms with Crippen molar-refractivity contribution in [2.24, 2.45) is 0 Å². The number of amides is 1. The molecule has 0 radical (unpaired) electrons. The van der Waals surface area contributed by atoms with Crippen molar-refractivity contribution in [2.75, 3.05) is 7.05 Å². The van der Waals surface area contributed by atoms with Crippen LogP contribution in [0.25, 0.3) is 10.8 Å². The Morgan fingerprint density at radius 2 is 1.52 bits per heavy atom. The number of carbonyl (C=O) groups is 1. The topological polar surface area (TPSA) is 29.1 Å². The molecule has 0 fully saturated rings. The predicted molar refractivity (Wildman–Crippen MR) is 87.9 cm³/mol. The highest BCUT2D eigenvalue weighted by molar-refractivity contribution is 7.99. The largest absolute Gasteiger partial charge is 0.355 e. The van der Waals surface area contributed by atoms with Gasteiger partial charge in [0.2, 0.25) is 0 Å². The van der Waals surface area contributed by atoms with Crippen LogP contribution < -0.4 is 5.32 Å². The van der Waals surface area contributed by atoms with Gasteiger partial charge in [-0.05, 0) is 47.2 Å². The molecule has 0 atom stereocenters. The minimum atomic E-state index is -0.0581. The molecule has 21 heavy (non-hydrogen) atoms. The van der Waals surface area contributed by atoms with Crippen LogP contribution in [0.4, 0.5) is 0 Å². The molecular weight excluding hydrogens is 278 g/mol. The summed E-state index contributed by atoms with van der Waals surface area (Å²) in [6.45, 7) is 0. The molecule has 0 heterocycles. The van der Waals surface area contributed by atoms with Crippen molar-refractivity contribution in [1.82, 2.24) is 5.32 Å². The summed E-state index contributed by atoms with van der Waals surface area (Å²) in [5.41, 5.74) is 0.681. The Morgan fingerprint density at radius 3 is 2.24 bits per heavy atom. The maximum absolute atomic E-state index is 11.5. The lowest BCUT2D eigenvalue weighted by Gasteiger charge is -2.05. The van der Waals surface area contributed by atoms with E-state index in [-0.39, 0.29) is 5.91 Å². The van der Waals surface area contributed by atoms with E-state index in [2.05, 4.69) is 41.7 Å². The lowest BCUT2D eigenvalue weighted by molar-refractivity contribution is 0.0963. The fourth-order valence-corrected chi connectivity index (χ4v) is 3.05. The monoisotopic (exact) mass is 293 g/mol. The summed E-state index contributed by atoms with van der Waals surface area (Å²) in [5.74, 6) is -0.0581. The van der Waals surface area contributed by atoms with Crippen molar-refractivity contribution in [3.8, 4) is 0 Å². The number of nitrogens with one attached hydrogen (secondary N) is 1. The number of carbonyl (C=O) groups excluding carboxylic acids is 1. The van der Waals surface area contributed by atoms with Crippen LogP contribution >= 0.6 is 11.8 Å². The second-order valence-electron chi connectivity index (χ2n) is 4.71. The van der Waals surface area contributed by atoms with E-state index in [1.807, 2.05) is 30.3 Å². The molecule has 3 aromatic carbocycles. The minimum Gasteiger partial charge on any atom is -0.355 e. The van der Waals surface area contributed by atoms with Gasteiger partial charge in [-0.2, -0.15) is 0 Å². The normalized spacial score (nSPS) is 10.5. The predicted octanol–water partition coefficient (Wildman–Crippen LogP) is 4.35. The molecule has 3 heteroatoms. The highest BCUT2D eigenvalue weighted by Crippen LogP contribution is 2.30. The van der Waals surface area contributed by atoms with E-state index in [1.54, 1.807) is 18.8 Å². The van der Waals surface area contributed by atoms with E-state index in [9.17, 15) is 4.79 Å². The van der Waals surface area contributed by atoms with Crippen molar-refractivity contribution in [3.05, 3.63) is 72.3 Å². The van der Waals surface area contributed by atoms with Crippen molar-refractivity contribution < 1.29 is 4.79 Å². The molecule has 0 aromatic heterocycles. The SMILES string of the molecule is CNC(=O)c1ccc(Sc2ccc3ccccc3c2)cc1. The summed E-state index contributed by atoms with van der Waals surface area (Å²) >= 11 is 1.70. The van der Waals surface area contributed by atoms with E-state index >= 15 is 0 Å². The van der Waals surface area contributed by atoms with Crippen LogP contribution in [0, 0.1) is 0 Å². The molecule has 3 aromatic rings. The van der Waals surface area contributed by atoms with E-state index in [0.717, 1.165) is 4.90 Å². The molecule has 0 aliphatic rings. The smallest absolute Gasteiger partial charge is 0.251 e. The number of rotatable bonds is 3. The summed E-state index contributed by atoms with van der Waals surface area (Å²) in [5, 5.41) is 5.11. The Bertz CT molecular complexity index is 781. The van der Waals surface area contributed by atoms with Gasteiger partial charge in [0.25, 0.3) is 5.91 Å². The van der Waals surface area contributed by atoms with Gasteiger partial charge in [-0.25, -0.2) is 0 Å². The Balaban J connectivity index is 1.83. The molecule has 0 saturated carbocycles. The fraction of sp³-hybridized carbons (Fsp3) is 0.0556. The standard InChI is InChI=1S/C18H15NOS/c1-19-18(20)14-7-9-16(10-8-14)21-17-11-6-13-4-2-3-5-15(13)12-17/h2-12H,1H3,(H,19,20). The van der Waals surface area contributed by atoms with E-state index < -0.39 is 0 Å². The first-order chi connectivity index (χ1) is 10.3. The number of hydrogen-bond donors (Lipinski definition) is 1. The molecular formula is C18H15NOS. The Kier molecular flexibility index (Phi) is 3.93. The minimum absolute atomic E-state index is 0.0581. The molecule has 1 amide bonds. The third-order valence-corrected chi connectivity index (χ3v) is 4.30. The van der Waals surface area contributed by atoms with Crippen LogP contribution in [0.15, 0.2) is 76.5 Å². The van der Waals surface area contributed by atoms with E-state index in [0.29, 0.717) is 5.56 Å². The van der Waals surface area contributed by atoms with Crippen LogP contribution in [0.5, 0.6) is 0 Å². The number of fused-ring (bicyclic) bond motifs is 1. The first-order valence-electron chi connectivity index (χ1n) is 6.75. The molecule has 1 N–H and O–H groups in total. The molecule has 0 saturated heterocycles. The summed E-state index contributed by atoms with van der Waals surface area (Å²) < 4.78 is 0. The summed E-state index contributed by atoms with van der Waals surface area (Å²) in [4.78, 5) is 13.8. The third kappa shape index (κ3) is 3.09.